The highest BCUT2D eigenvalue weighted by atomic mass is 16.5. The topological polar surface area (TPSA) is 60.5 Å². The fourth-order valence-electron chi connectivity index (χ4n) is 2.17. The zero-order chi connectivity index (χ0) is 17.2. The number of aromatic nitrogens is 1. The van der Waals surface area contributed by atoms with E-state index < -0.39 is 0 Å². The van der Waals surface area contributed by atoms with Crippen molar-refractivity contribution < 1.29 is 14.3 Å². The second-order valence-electron chi connectivity index (χ2n) is 5.12. The Bertz CT molecular complexity index is 684. The first-order valence-corrected chi connectivity index (χ1v) is 7.83. The fraction of sp³-hybridized carbons (Fsp3) is 0.263. The second-order valence-corrected chi connectivity index (χ2v) is 5.12. The van der Waals surface area contributed by atoms with E-state index in [0.29, 0.717) is 24.5 Å². The number of ether oxygens (including phenoxy) is 2. The van der Waals surface area contributed by atoms with E-state index in [1.165, 1.54) is 0 Å². The lowest BCUT2D eigenvalue weighted by Gasteiger charge is -2.11. The Kier molecular flexibility index (Phi) is 6.83. The fourth-order valence-corrected chi connectivity index (χ4v) is 2.17. The largest absolute Gasteiger partial charge is 0.493 e. The number of hydrogen-bond donors (Lipinski definition) is 1. The number of pyridine rings is 1. The summed E-state index contributed by atoms with van der Waals surface area (Å²) in [6, 6.07) is 11.3. The Labute approximate surface area is 142 Å². The summed E-state index contributed by atoms with van der Waals surface area (Å²) >= 11 is 0. The highest BCUT2D eigenvalue weighted by Crippen LogP contribution is 2.28. The minimum atomic E-state index is -0.175. The molecule has 5 heteroatoms. The zero-order valence-electron chi connectivity index (χ0n) is 14.0. The Balaban J connectivity index is 1.81. The van der Waals surface area contributed by atoms with Crippen LogP contribution in [0.4, 0.5) is 0 Å². The van der Waals surface area contributed by atoms with Gasteiger partial charge in [-0.25, -0.2) is 0 Å². The van der Waals surface area contributed by atoms with Gasteiger partial charge in [-0.05, 0) is 36.8 Å². The molecule has 1 heterocycles. The molecule has 1 amide bonds. The van der Waals surface area contributed by atoms with Crippen LogP contribution in [0.2, 0.25) is 0 Å². The first-order chi connectivity index (χ1) is 11.7. The van der Waals surface area contributed by atoms with E-state index in [0.717, 1.165) is 11.3 Å². The van der Waals surface area contributed by atoms with E-state index >= 15 is 0 Å². The lowest BCUT2D eigenvalue weighted by Crippen LogP contribution is -2.30. The maximum absolute atomic E-state index is 11.9. The molecule has 1 aromatic carbocycles. The summed E-state index contributed by atoms with van der Waals surface area (Å²) in [6.45, 7) is 2.42. The molecule has 0 aliphatic rings. The maximum atomic E-state index is 11.9. The maximum Gasteiger partial charge on any atom is 0.257 e. The van der Waals surface area contributed by atoms with Crippen molar-refractivity contribution in [1.82, 2.24) is 10.3 Å². The molecule has 0 aliphatic heterocycles. The van der Waals surface area contributed by atoms with Gasteiger partial charge in [0.25, 0.3) is 5.91 Å². The van der Waals surface area contributed by atoms with Crippen LogP contribution < -0.4 is 14.8 Å². The molecule has 2 rings (SSSR count). The van der Waals surface area contributed by atoms with Crippen LogP contribution in [-0.2, 0) is 11.2 Å². The molecule has 5 nitrogen and oxygen atoms in total. The molecular formula is C19H22N2O3. The summed E-state index contributed by atoms with van der Waals surface area (Å²) in [7, 11) is 1.58. The second kappa shape index (κ2) is 9.35. The number of carbonyl (C=O) groups excluding carboxylic acids is 1. The van der Waals surface area contributed by atoms with Crippen molar-refractivity contribution in [2.24, 2.45) is 0 Å². The van der Waals surface area contributed by atoms with Gasteiger partial charge >= 0.3 is 0 Å². The number of nitrogens with one attached hydrogen (secondary N) is 1. The van der Waals surface area contributed by atoms with Crippen molar-refractivity contribution in [1.29, 1.82) is 0 Å². The van der Waals surface area contributed by atoms with Crippen LogP contribution in [0.15, 0.2) is 48.7 Å². The summed E-state index contributed by atoms with van der Waals surface area (Å²) in [5.41, 5.74) is 1.96. The van der Waals surface area contributed by atoms with Gasteiger partial charge in [-0.15, -0.1) is 0 Å². The van der Waals surface area contributed by atoms with Crippen LogP contribution in [0.5, 0.6) is 11.5 Å². The summed E-state index contributed by atoms with van der Waals surface area (Å²) in [6.07, 6.45) is 6.35. The molecule has 0 aliphatic carbocycles. The van der Waals surface area contributed by atoms with Crippen LogP contribution in [0.1, 0.15) is 18.2 Å². The van der Waals surface area contributed by atoms with Gasteiger partial charge in [-0.2, -0.15) is 0 Å². The normalized spacial score (nSPS) is 10.6. The van der Waals surface area contributed by atoms with Crippen LogP contribution in [0, 0.1) is 0 Å². The minimum absolute atomic E-state index is 0.0540. The summed E-state index contributed by atoms with van der Waals surface area (Å²) in [4.78, 5) is 16.1. The third kappa shape index (κ3) is 5.43. The summed E-state index contributed by atoms with van der Waals surface area (Å²) < 4.78 is 10.9. The highest BCUT2D eigenvalue weighted by Gasteiger charge is 2.08. The van der Waals surface area contributed by atoms with E-state index in [9.17, 15) is 4.79 Å². The van der Waals surface area contributed by atoms with Gasteiger partial charge in [0, 0.05) is 24.9 Å². The lowest BCUT2D eigenvalue weighted by molar-refractivity contribution is -0.123. The molecule has 0 saturated heterocycles. The third-order valence-corrected chi connectivity index (χ3v) is 3.34. The average molecular weight is 326 g/mol. The molecule has 0 radical (unpaired) electrons. The molecule has 126 valence electrons. The number of nitrogens with zero attached hydrogens (tertiary/aromatic N) is 1. The van der Waals surface area contributed by atoms with Gasteiger partial charge in [0.2, 0.25) is 0 Å². The molecule has 1 N–H and O–H groups in total. The molecule has 0 spiro atoms. The third-order valence-electron chi connectivity index (χ3n) is 3.34. The van der Waals surface area contributed by atoms with Gasteiger partial charge in [0.1, 0.15) is 0 Å². The molecule has 0 unspecified atom stereocenters. The molecule has 0 fully saturated rings. The number of methoxy groups -OCH3 is 1. The van der Waals surface area contributed by atoms with E-state index in [2.05, 4.69) is 10.3 Å². The molecular weight excluding hydrogens is 304 g/mol. The van der Waals surface area contributed by atoms with Crippen molar-refractivity contribution >= 4 is 12.0 Å². The number of amides is 1. The number of allylic oxidation sites excluding steroid dienone is 1. The van der Waals surface area contributed by atoms with Crippen LogP contribution in [0.25, 0.3) is 6.08 Å². The molecule has 0 atom stereocenters. The van der Waals surface area contributed by atoms with Gasteiger partial charge in [-0.1, -0.05) is 24.3 Å². The average Bonchev–Trinajstić information content (AvgIpc) is 2.61. The van der Waals surface area contributed by atoms with E-state index in [-0.39, 0.29) is 12.5 Å². The molecule has 1 aromatic heterocycles. The van der Waals surface area contributed by atoms with Gasteiger partial charge in [-0.3, -0.25) is 9.78 Å². The molecule has 0 saturated carbocycles. The van der Waals surface area contributed by atoms with Crippen molar-refractivity contribution in [3.63, 3.8) is 0 Å². The van der Waals surface area contributed by atoms with Crippen LogP contribution in [0.3, 0.4) is 0 Å². The molecule has 24 heavy (non-hydrogen) atoms. The monoisotopic (exact) mass is 326 g/mol. The molecule has 0 bridgehead atoms. The Morgan fingerprint density at radius 2 is 2.12 bits per heavy atom. The van der Waals surface area contributed by atoms with E-state index in [4.69, 9.17) is 9.47 Å². The number of benzene rings is 1. The van der Waals surface area contributed by atoms with E-state index in [1.54, 1.807) is 19.4 Å². The van der Waals surface area contributed by atoms with Crippen molar-refractivity contribution in [3.8, 4) is 11.5 Å². The highest BCUT2D eigenvalue weighted by molar-refractivity contribution is 5.77. The zero-order valence-corrected chi connectivity index (χ0v) is 14.0. The van der Waals surface area contributed by atoms with Crippen LogP contribution >= 0.6 is 0 Å². The summed E-state index contributed by atoms with van der Waals surface area (Å²) in [5.74, 6) is 0.975. The van der Waals surface area contributed by atoms with Crippen LogP contribution in [-0.4, -0.2) is 31.2 Å². The number of rotatable bonds is 8. The van der Waals surface area contributed by atoms with Crippen molar-refractivity contribution in [2.75, 3.05) is 20.3 Å². The predicted molar refractivity (Wildman–Crippen MR) is 94.1 cm³/mol. The van der Waals surface area contributed by atoms with Gasteiger partial charge < -0.3 is 14.8 Å². The number of carbonyl (C=O) groups is 1. The number of hydrogen-bond acceptors (Lipinski definition) is 4. The minimum Gasteiger partial charge on any atom is -0.493 e. The Morgan fingerprint density at radius 3 is 2.83 bits per heavy atom. The lowest BCUT2D eigenvalue weighted by atomic mass is 10.2. The van der Waals surface area contributed by atoms with E-state index in [1.807, 2.05) is 49.4 Å². The first-order valence-electron chi connectivity index (χ1n) is 7.83. The quantitative estimate of drug-likeness (QED) is 0.810. The van der Waals surface area contributed by atoms with Crippen molar-refractivity contribution in [2.45, 2.75) is 13.3 Å². The summed E-state index contributed by atoms with van der Waals surface area (Å²) in [5, 5.41) is 2.81. The smallest absolute Gasteiger partial charge is 0.257 e. The Morgan fingerprint density at radius 1 is 1.25 bits per heavy atom. The van der Waals surface area contributed by atoms with Gasteiger partial charge in [0.15, 0.2) is 18.1 Å². The predicted octanol–water partition coefficient (Wildman–Crippen LogP) is 2.86. The molecule has 2 aromatic rings. The SMILES string of the molecule is C/C=C/c1ccc(OCC(=O)NCCc2ccccn2)c(OC)c1. The standard InChI is InChI=1S/C19H22N2O3/c1-3-6-15-8-9-17(18(13-15)23-2)24-14-19(22)21-12-10-16-7-4-5-11-20-16/h3-9,11,13H,10,12,14H2,1-2H3,(H,21,22)/b6-3+. The van der Waals surface area contributed by atoms with Gasteiger partial charge in [0.05, 0.1) is 7.11 Å². The Hall–Kier alpha value is -2.82. The van der Waals surface area contributed by atoms with Crippen molar-refractivity contribution in [3.05, 3.63) is 59.9 Å². The first kappa shape index (κ1) is 17.5.